The van der Waals surface area contributed by atoms with E-state index >= 15 is 0 Å². The molecule has 1 N–H and O–H groups in total. The standard InChI is InChI=1S/C14H17FN2O3S/c1-10(15)14(18)16-11(2)12-5-3-6-13(9-12)17-7-4-8-21(17,19)20/h3,5-6,9,11H,1,4,7-8H2,2H3,(H,16,18). The van der Waals surface area contributed by atoms with Gasteiger partial charge < -0.3 is 5.32 Å². The Hall–Kier alpha value is -1.89. The Kier molecular flexibility index (Phi) is 4.32. The second kappa shape index (κ2) is 5.85. The van der Waals surface area contributed by atoms with Gasteiger partial charge in [-0.1, -0.05) is 18.7 Å². The van der Waals surface area contributed by atoms with Gasteiger partial charge in [-0.05, 0) is 31.0 Å². The first-order valence-corrected chi connectivity index (χ1v) is 8.18. The van der Waals surface area contributed by atoms with Crippen LogP contribution in [0.2, 0.25) is 0 Å². The number of halogens is 1. The average molecular weight is 312 g/mol. The van der Waals surface area contributed by atoms with Crippen LogP contribution in [0.25, 0.3) is 0 Å². The van der Waals surface area contributed by atoms with Crippen LogP contribution in [-0.2, 0) is 14.8 Å². The second-order valence-electron chi connectivity index (χ2n) is 4.94. The molecule has 0 radical (unpaired) electrons. The molecular formula is C14H17FN2O3S. The molecule has 0 aromatic heterocycles. The van der Waals surface area contributed by atoms with Crippen molar-refractivity contribution >= 4 is 21.6 Å². The van der Waals surface area contributed by atoms with Gasteiger partial charge in [0.2, 0.25) is 10.0 Å². The number of sulfonamides is 1. The fraction of sp³-hybridized carbons (Fsp3) is 0.357. The van der Waals surface area contributed by atoms with Crippen LogP contribution in [0.5, 0.6) is 0 Å². The van der Waals surface area contributed by atoms with E-state index < -0.39 is 27.8 Å². The molecule has 7 heteroatoms. The predicted molar refractivity (Wildman–Crippen MR) is 79.0 cm³/mol. The highest BCUT2D eigenvalue weighted by molar-refractivity contribution is 7.93. The predicted octanol–water partition coefficient (Wildman–Crippen LogP) is 1.89. The lowest BCUT2D eigenvalue weighted by molar-refractivity contribution is -0.119. The zero-order valence-electron chi connectivity index (χ0n) is 11.7. The molecule has 1 fully saturated rings. The van der Waals surface area contributed by atoms with Crippen molar-refractivity contribution in [1.82, 2.24) is 5.32 Å². The molecule has 0 aliphatic carbocycles. The number of carbonyl (C=O) groups excluding carboxylic acids is 1. The van der Waals surface area contributed by atoms with Crippen LogP contribution >= 0.6 is 0 Å². The fourth-order valence-electron chi connectivity index (χ4n) is 2.24. The summed E-state index contributed by atoms with van der Waals surface area (Å²) in [6.07, 6.45) is 0.598. The van der Waals surface area contributed by atoms with Gasteiger partial charge in [-0.2, -0.15) is 0 Å². The zero-order valence-corrected chi connectivity index (χ0v) is 12.5. The van der Waals surface area contributed by atoms with E-state index in [1.165, 1.54) is 4.31 Å². The highest BCUT2D eigenvalue weighted by Gasteiger charge is 2.28. The Morgan fingerprint density at radius 3 is 2.76 bits per heavy atom. The first-order valence-electron chi connectivity index (χ1n) is 6.57. The van der Waals surface area contributed by atoms with Crippen LogP contribution in [0, 0.1) is 0 Å². The minimum atomic E-state index is -3.25. The van der Waals surface area contributed by atoms with Crippen LogP contribution in [0.4, 0.5) is 10.1 Å². The molecular weight excluding hydrogens is 295 g/mol. The van der Waals surface area contributed by atoms with Gasteiger partial charge in [-0.3, -0.25) is 9.10 Å². The zero-order chi connectivity index (χ0) is 15.6. The highest BCUT2D eigenvalue weighted by Crippen LogP contribution is 2.26. The molecule has 1 saturated heterocycles. The third-order valence-electron chi connectivity index (χ3n) is 3.35. The van der Waals surface area contributed by atoms with E-state index in [1.54, 1.807) is 31.2 Å². The summed E-state index contributed by atoms with van der Waals surface area (Å²) in [4.78, 5) is 11.3. The molecule has 0 bridgehead atoms. The first kappa shape index (κ1) is 15.5. The number of carbonyl (C=O) groups is 1. The van der Waals surface area contributed by atoms with Crippen molar-refractivity contribution in [3.05, 3.63) is 42.2 Å². The molecule has 1 heterocycles. The Bertz CT molecular complexity index is 673. The Balaban J connectivity index is 2.22. The van der Waals surface area contributed by atoms with Crippen molar-refractivity contribution < 1.29 is 17.6 Å². The molecule has 1 unspecified atom stereocenters. The van der Waals surface area contributed by atoms with Crippen molar-refractivity contribution in [2.75, 3.05) is 16.6 Å². The summed E-state index contributed by atoms with van der Waals surface area (Å²) in [5.41, 5.74) is 1.26. The maximum absolute atomic E-state index is 12.7. The molecule has 1 aliphatic rings. The minimum absolute atomic E-state index is 0.144. The van der Waals surface area contributed by atoms with Gasteiger partial charge in [0, 0.05) is 6.54 Å². The summed E-state index contributed by atoms with van der Waals surface area (Å²) in [5, 5.41) is 2.45. The monoisotopic (exact) mass is 312 g/mol. The van der Waals surface area contributed by atoms with Crippen LogP contribution in [-0.4, -0.2) is 26.6 Å². The number of hydrogen-bond donors (Lipinski definition) is 1. The molecule has 0 spiro atoms. The molecule has 1 aromatic rings. The van der Waals surface area contributed by atoms with Crippen LogP contribution in [0.3, 0.4) is 0 Å². The highest BCUT2D eigenvalue weighted by atomic mass is 32.2. The van der Waals surface area contributed by atoms with E-state index in [1.807, 2.05) is 0 Å². The number of nitrogens with zero attached hydrogens (tertiary/aromatic N) is 1. The van der Waals surface area contributed by atoms with E-state index in [-0.39, 0.29) is 5.75 Å². The van der Waals surface area contributed by atoms with Crippen molar-refractivity contribution in [1.29, 1.82) is 0 Å². The number of amides is 1. The average Bonchev–Trinajstić information content (AvgIpc) is 2.78. The van der Waals surface area contributed by atoms with Crippen molar-refractivity contribution in [3.8, 4) is 0 Å². The van der Waals surface area contributed by atoms with Gasteiger partial charge in [0.1, 0.15) is 0 Å². The molecule has 114 valence electrons. The second-order valence-corrected chi connectivity index (χ2v) is 6.95. The van der Waals surface area contributed by atoms with E-state index in [9.17, 15) is 17.6 Å². The summed E-state index contributed by atoms with van der Waals surface area (Å²) in [6.45, 7) is 5.08. The summed E-state index contributed by atoms with van der Waals surface area (Å²) in [7, 11) is -3.25. The van der Waals surface area contributed by atoms with Gasteiger partial charge in [-0.25, -0.2) is 12.8 Å². The normalized spacial score (nSPS) is 18.3. The minimum Gasteiger partial charge on any atom is -0.344 e. The fourth-order valence-corrected chi connectivity index (χ4v) is 3.79. The van der Waals surface area contributed by atoms with Crippen molar-refractivity contribution in [2.45, 2.75) is 19.4 Å². The Morgan fingerprint density at radius 1 is 1.48 bits per heavy atom. The van der Waals surface area contributed by atoms with Gasteiger partial charge in [0.25, 0.3) is 5.91 Å². The Morgan fingerprint density at radius 2 is 2.19 bits per heavy atom. The van der Waals surface area contributed by atoms with Gasteiger partial charge in [0.15, 0.2) is 5.83 Å². The van der Waals surface area contributed by atoms with E-state index in [0.717, 1.165) is 0 Å². The number of benzene rings is 1. The maximum Gasteiger partial charge on any atom is 0.279 e. The van der Waals surface area contributed by atoms with E-state index in [2.05, 4.69) is 11.9 Å². The topological polar surface area (TPSA) is 66.5 Å². The third-order valence-corrected chi connectivity index (χ3v) is 5.22. The lowest BCUT2D eigenvalue weighted by Gasteiger charge is -2.20. The van der Waals surface area contributed by atoms with E-state index in [0.29, 0.717) is 24.2 Å². The molecule has 1 atom stereocenters. The molecule has 1 aliphatic heterocycles. The quantitative estimate of drug-likeness (QED) is 0.863. The lowest BCUT2D eigenvalue weighted by atomic mass is 10.1. The Labute approximate surface area is 123 Å². The van der Waals surface area contributed by atoms with Crippen LogP contribution in [0.15, 0.2) is 36.7 Å². The first-order chi connectivity index (χ1) is 9.81. The van der Waals surface area contributed by atoms with Crippen molar-refractivity contribution in [3.63, 3.8) is 0 Å². The summed E-state index contributed by atoms with van der Waals surface area (Å²) in [5.74, 6) is -1.78. The molecule has 21 heavy (non-hydrogen) atoms. The summed E-state index contributed by atoms with van der Waals surface area (Å²) >= 11 is 0. The van der Waals surface area contributed by atoms with Crippen LogP contribution in [0.1, 0.15) is 24.9 Å². The van der Waals surface area contributed by atoms with Gasteiger partial charge in [0.05, 0.1) is 17.5 Å². The largest absolute Gasteiger partial charge is 0.344 e. The number of hydrogen-bond acceptors (Lipinski definition) is 3. The molecule has 2 rings (SSSR count). The SMILES string of the molecule is C=C(F)C(=O)NC(C)c1cccc(N2CCCS2(=O)=O)c1. The number of rotatable bonds is 4. The third kappa shape index (κ3) is 3.41. The molecule has 5 nitrogen and oxygen atoms in total. The molecule has 1 amide bonds. The molecule has 0 saturated carbocycles. The number of anilines is 1. The van der Waals surface area contributed by atoms with Gasteiger partial charge >= 0.3 is 0 Å². The van der Waals surface area contributed by atoms with E-state index in [4.69, 9.17) is 0 Å². The van der Waals surface area contributed by atoms with Crippen LogP contribution < -0.4 is 9.62 Å². The van der Waals surface area contributed by atoms with Gasteiger partial charge in [-0.15, -0.1) is 0 Å². The smallest absolute Gasteiger partial charge is 0.279 e. The summed E-state index contributed by atoms with van der Waals surface area (Å²) in [6, 6.07) is 6.41. The van der Waals surface area contributed by atoms with Crippen molar-refractivity contribution in [2.24, 2.45) is 0 Å². The molecule has 1 aromatic carbocycles. The lowest BCUT2D eigenvalue weighted by Crippen LogP contribution is -2.27. The summed E-state index contributed by atoms with van der Waals surface area (Å²) < 4.78 is 37.9. The number of nitrogens with one attached hydrogen (secondary N) is 1. The maximum atomic E-state index is 12.7.